The van der Waals surface area contributed by atoms with Crippen LogP contribution >= 0.6 is 0 Å². The zero-order valence-corrected chi connectivity index (χ0v) is 11.4. The molecule has 6 nitrogen and oxygen atoms in total. The van der Waals surface area contributed by atoms with Crippen molar-refractivity contribution in [2.75, 3.05) is 0 Å². The van der Waals surface area contributed by atoms with Crippen LogP contribution in [-0.2, 0) is 11.3 Å². The number of nitrogens with zero attached hydrogens (tertiary/aromatic N) is 1. The molecule has 1 fully saturated rings. The highest BCUT2D eigenvalue weighted by Gasteiger charge is 2.42. The van der Waals surface area contributed by atoms with Gasteiger partial charge in [0.15, 0.2) is 0 Å². The van der Waals surface area contributed by atoms with Gasteiger partial charge in [-0.15, -0.1) is 0 Å². The minimum absolute atomic E-state index is 0.201. The van der Waals surface area contributed by atoms with E-state index in [1.807, 2.05) is 6.92 Å². The maximum absolute atomic E-state index is 12.1. The topological polar surface area (TPSA) is 88.4 Å². The van der Waals surface area contributed by atoms with Gasteiger partial charge in [-0.3, -0.25) is 9.59 Å². The lowest BCUT2D eigenvalue weighted by Gasteiger charge is -2.25. The van der Waals surface area contributed by atoms with Crippen LogP contribution < -0.4 is 10.9 Å². The number of carboxylic acids is 1. The molecule has 1 saturated carbocycles. The molecule has 1 amide bonds. The first-order valence-electron chi connectivity index (χ1n) is 6.75. The van der Waals surface area contributed by atoms with Crippen LogP contribution in [-0.4, -0.2) is 27.1 Å². The average molecular weight is 278 g/mol. The predicted octanol–water partition coefficient (Wildman–Crippen LogP) is 0.995. The molecule has 0 unspecified atom stereocenters. The summed E-state index contributed by atoms with van der Waals surface area (Å²) in [6, 6.07) is 2.77. The SMILES string of the molecule is CCn1ccc(C(=O)NC2(C(=O)O)CCCC2)cc1=O. The summed E-state index contributed by atoms with van der Waals surface area (Å²) < 4.78 is 1.47. The molecule has 0 radical (unpaired) electrons. The fourth-order valence-electron chi connectivity index (χ4n) is 2.57. The highest BCUT2D eigenvalue weighted by atomic mass is 16.4. The van der Waals surface area contributed by atoms with Crippen LogP contribution in [0.5, 0.6) is 0 Å². The quantitative estimate of drug-likeness (QED) is 0.859. The Bertz CT molecular complexity index is 585. The van der Waals surface area contributed by atoms with Crippen LogP contribution in [0, 0.1) is 0 Å². The minimum atomic E-state index is -1.18. The molecule has 0 bridgehead atoms. The van der Waals surface area contributed by atoms with Gasteiger partial charge in [-0.1, -0.05) is 12.8 Å². The van der Waals surface area contributed by atoms with Crippen molar-refractivity contribution in [3.05, 3.63) is 34.2 Å². The van der Waals surface area contributed by atoms with E-state index < -0.39 is 17.4 Å². The largest absolute Gasteiger partial charge is 0.480 e. The number of aryl methyl sites for hydroxylation is 1. The number of nitrogens with one attached hydrogen (secondary N) is 1. The maximum Gasteiger partial charge on any atom is 0.329 e. The van der Waals surface area contributed by atoms with E-state index in [2.05, 4.69) is 5.32 Å². The Kier molecular flexibility index (Phi) is 3.92. The number of aliphatic carboxylic acids is 1. The Labute approximate surface area is 116 Å². The van der Waals surface area contributed by atoms with Gasteiger partial charge in [-0.05, 0) is 25.8 Å². The Morgan fingerprint density at radius 2 is 2.05 bits per heavy atom. The van der Waals surface area contributed by atoms with Crippen molar-refractivity contribution in [2.24, 2.45) is 0 Å². The first kappa shape index (κ1) is 14.3. The minimum Gasteiger partial charge on any atom is -0.480 e. The van der Waals surface area contributed by atoms with Gasteiger partial charge >= 0.3 is 5.97 Å². The summed E-state index contributed by atoms with van der Waals surface area (Å²) in [5.41, 5.74) is -1.25. The smallest absolute Gasteiger partial charge is 0.329 e. The second kappa shape index (κ2) is 5.48. The molecule has 1 heterocycles. The van der Waals surface area contributed by atoms with Crippen molar-refractivity contribution >= 4 is 11.9 Å². The van der Waals surface area contributed by atoms with Gasteiger partial charge in [0.05, 0.1) is 0 Å². The van der Waals surface area contributed by atoms with Crippen LogP contribution in [0.15, 0.2) is 23.1 Å². The van der Waals surface area contributed by atoms with Crippen molar-refractivity contribution in [1.82, 2.24) is 9.88 Å². The molecule has 0 spiro atoms. The van der Waals surface area contributed by atoms with Gasteiger partial charge in [0.1, 0.15) is 5.54 Å². The molecule has 0 atom stereocenters. The van der Waals surface area contributed by atoms with Crippen LogP contribution in [0.25, 0.3) is 0 Å². The van der Waals surface area contributed by atoms with E-state index in [9.17, 15) is 19.5 Å². The van der Waals surface area contributed by atoms with E-state index in [1.54, 1.807) is 6.20 Å². The number of pyridine rings is 1. The maximum atomic E-state index is 12.1. The zero-order valence-electron chi connectivity index (χ0n) is 11.4. The van der Waals surface area contributed by atoms with Gasteiger partial charge in [0, 0.05) is 24.4 Å². The fourth-order valence-corrected chi connectivity index (χ4v) is 2.57. The van der Waals surface area contributed by atoms with E-state index in [0.29, 0.717) is 19.4 Å². The summed E-state index contributed by atoms with van der Waals surface area (Å²) in [6.45, 7) is 2.36. The molecule has 0 aliphatic heterocycles. The highest BCUT2D eigenvalue weighted by molar-refractivity contribution is 5.97. The number of amides is 1. The molecule has 6 heteroatoms. The zero-order chi connectivity index (χ0) is 14.8. The number of hydrogen-bond acceptors (Lipinski definition) is 3. The Morgan fingerprint density at radius 3 is 2.55 bits per heavy atom. The second-order valence-electron chi connectivity index (χ2n) is 5.09. The molecule has 1 aliphatic rings. The van der Waals surface area contributed by atoms with Gasteiger partial charge < -0.3 is 15.0 Å². The molecule has 1 aromatic rings. The monoisotopic (exact) mass is 278 g/mol. The fraction of sp³-hybridized carbons (Fsp3) is 0.500. The van der Waals surface area contributed by atoms with E-state index in [0.717, 1.165) is 12.8 Å². The van der Waals surface area contributed by atoms with Gasteiger partial charge in [0.25, 0.3) is 11.5 Å². The van der Waals surface area contributed by atoms with Crippen LogP contribution in [0.3, 0.4) is 0 Å². The number of aromatic nitrogens is 1. The number of carbonyl (C=O) groups is 2. The molecule has 1 aliphatic carbocycles. The molecular formula is C14H18N2O4. The van der Waals surface area contributed by atoms with Crippen LogP contribution in [0.1, 0.15) is 43.0 Å². The van der Waals surface area contributed by atoms with E-state index in [4.69, 9.17) is 0 Å². The molecule has 2 N–H and O–H groups in total. The summed E-state index contributed by atoms with van der Waals surface area (Å²) in [5, 5.41) is 11.9. The summed E-state index contributed by atoms with van der Waals surface area (Å²) in [5.74, 6) is -1.51. The summed E-state index contributed by atoms with van der Waals surface area (Å²) >= 11 is 0. The van der Waals surface area contributed by atoms with Gasteiger partial charge in [-0.25, -0.2) is 4.79 Å². The summed E-state index contributed by atoms with van der Waals surface area (Å²) in [4.78, 5) is 35.2. The highest BCUT2D eigenvalue weighted by Crippen LogP contribution is 2.30. The van der Waals surface area contributed by atoms with E-state index in [-0.39, 0.29) is 11.1 Å². The Morgan fingerprint density at radius 1 is 1.40 bits per heavy atom. The first-order valence-corrected chi connectivity index (χ1v) is 6.75. The van der Waals surface area contributed by atoms with E-state index in [1.165, 1.54) is 16.7 Å². The summed E-state index contributed by atoms with van der Waals surface area (Å²) in [7, 11) is 0. The van der Waals surface area contributed by atoms with Crippen molar-refractivity contribution in [3.63, 3.8) is 0 Å². The van der Waals surface area contributed by atoms with E-state index >= 15 is 0 Å². The number of rotatable bonds is 4. The predicted molar refractivity (Wildman–Crippen MR) is 72.7 cm³/mol. The van der Waals surface area contributed by atoms with Crippen molar-refractivity contribution in [2.45, 2.75) is 44.7 Å². The molecule has 108 valence electrons. The van der Waals surface area contributed by atoms with Gasteiger partial charge in [0.2, 0.25) is 0 Å². The molecule has 2 rings (SSSR count). The summed E-state index contributed by atoms with van der Waals surface area (Å²) in [6.07, 6.45) is 3.97. The first-order chi connectivity index (χ1) is 9.48. The standard InChI is InChI=1S/C14H18N2O4/c1-2-16-8-5-10(9-11(16)17)12(18)15-14(13(19)20)6-3-4-7-14/h5,8-9H,2-4,6-7H2,1H3,(H,15,18)(H,19,20). The normalized spacial score (nSPS) is 16.9. The number of carbonyl (C=O) groups excluding carboxylic acids is 1. The Hall–Kier alpha value is -2.11. The Balaban J connectivity index is 2.21. The molecular weight excluding hydrogens is 260 g/mol. The third-order valence-electron chi connectivity index (χ3n) is 3.82. The van der Waals surface area contributed by atoms with Gasteiger partial charge in [-0.2, -0.15) is 0 Å². The second-order valence-corrected chi connectivity index (χ2v) is 5.09. The lowest BCUT2D eigenvalue weighted by Crippen LogP contribution is -2.52. The van der Waals surface area contributed by atoms with Crippen LogP contribution in [0.4, 0.5) is 0 Å². The lowest BCUT2D eigenvalue weighted by molar-refractivity contribution is -0.144. The van der Waals surface area contributed by atoms with Crippen molar-refractivity contribution in [3.8, 4) is 0 Å². The van der Waals surface area contributed by atoms with Crippen molar-refractivity contribution in [1.29, 1.82) is 0 Å². The van der Waals surface area contributed by atoms with Crippen LogP contribution in [0.2, 0.25) is 0 Å². The molecule has 20 heavy (non-hydrogen) atoms. The molecule has 0 saturated heterocycles. The average Bonchev–Trinajstić information content (AvgIpc) is 2.88. The lowest BCUT2D eigenvalue weighted by atomic mass is 9.97. The third-order valence-corrected chi connectivity index (χ3v) is 3.82. The van der Waals surface area contributed by atoms with Crippen molar-refractivity contribution < 1.29 is 14.7 Å². The third kappa shape index (κ3) is 2.59. The molecule has 1 aromatic heterocycles. The number of hydrogen-bond donors (Lipinski definition) is 2. The molecule has 0 aromatic carbocycles. The number of carboxylic acid groups (broad SMARTS) is 1.